The van der Waals surface area contributed by atoms with Gasteiger partial charge in [0.05, 0.1) is 26.3 Å². The van der Waals surface area contributed by atoms with Gasteiger partial charge in [0.1, 0.15) is 0 Å². The highest BCUT2D eigenvalue weighted by atomic mass is 16.5. The van der Waals surface area contributed by atoms with Crippen molar-refractivity contribution in [2.75, 3.05) is 20.8 Å². The summed E-state index contributed by atoms with van der Waals surface area (Å²) in [4.78, 5) is 13.7. The van der Waals surface area contributed by atoms with Gasteiger partial charge >= 0.3 is 0 Å². The fourth-order valence-electron chi connectivity index (χ4n) is 6.67. The Morgan fingerprint density at radius 3 is 2.46 bits per heavy atom. The predicted octanol–water partition coefficient (Wildman–Crippen LogP) is 5.07. The molecule has 3 aliphatic rings. The lowest BCUT2D eigenvalue weighted by Gasteiger charge is -2.21. The number of allylic oxidation sites excluding steroid dienone is 2. The van der Waals surface area contributed by atoms with E-state index in [1.54, 1.807) is 14.2 Å². The number of pyridine rings is 1. The van der Waals surface area contributed by atoms with Gasteiger partial charge in [0.25, 0.3) is 5.56 Å². The molecule has 3 unspecified atom stereocenters. The third-order valence-corrected chi connectivity index (χ3v) is 8.70. The first-order valence-electron chi connectivity index (χ1n) is 12.8. The van der Waals surface area contributed by atoms with E-state index in [-0.39, 0.29) is 5.56 Å². The molecule has 1 aromatic heterocycles. The molecule has 5 nitrogen and oxygen atoms in total. The summed E-state index contributed by atoms with van der Waals surface area (Å²) in [5, 5.41) is 4.62. The molecule has 0 aliphatic heterocycles. The fraction of sp³-hybridized carbons (Fsp3) is 0.433. The average Bonchev–Trinajstić information content (AvgIpc) is 3.54. The van der Waals surface area contributed by atoms with E-state index < -0.39 is 0 Å². The van der Waals surface area contributed by atoms with Crippen molar-refractivity contribution < 1.29 is 9.47 Å². The number of methoxy groups -OCH3 is 2. The summed E-state index contributed by atoms with van der Waals surface area (Å²) in [5.74, 6) is 3.50. The number of ether oxygens (including phenoxy) is 2. The summed E-state index contributed by atoms with van der Waals surface area (Å²) in [6.45, 7) is 4.13. The summed E-state index contributed by atoms with van der Waals surface area (Å²) < 4.78 is 13.0. The van der Waals surface area contributed by atoms with Crippen LogP contribution >= 0.6 is 0 Å². The van der Waals surface area contributed by atoms with Gasteiger partial charge in [-0.3, -0.25) is 4.79 Å². The Morgan fingerprint density at radius 1 is 1.03 bits per heavy atom. The van der Waals surface area contributed by atoms with E-state index in [1.165, 1.54) is 24.8 Å². The van der Waals surface area contributed by atoms with Crippen LogP contribution in [-0.2, 0) is 13.1 Å². The van der Waals surface area contributed by atoms with Gasteiger partial charge in [-0.1, -0.05) is 42.0 Å². The van der Waals surface area contributed by atoms with Crippen molar-refractivity contribution in [3.05, 3.63) is 81.7 Å². The number of nitrogens with one attached hydrogen (secondary N) is 1. The molecule has 6 rings (SSSR count). The molecule has 0 saturated heterocycles. The quantitative estimate of drug-likeness (QED) is 0.467. The minimum atomic E-state index is 0.0456. The van der Waals surface area contributed by atoms with Crippen LogP contribution in [-0.4, -0.2) is 25.3 Å². The highest BCUT2D eigenvalue weighted by Gasteiger charge is 2.62. The molecule has 0 amide bonds. The maximum atomic E-state index is 13.7. The van der Waals surface area contributed by atoms with Gasteiger partial charge in [0.2, 0.25) is 0 Å². The number of aryl methyl sites for hydroxylation is 1. The SMILES string of the molecule is COc1cc2cc(CNCC3CC4C=CC3C43CC3)c(=O)n(Cc3ccc(C)cc3)c2cc1OC. The largest absolute Gasteiger partial charge is 0.493 e. The molecule has 2 bridgehead atoms. The molecule has 2 aromatic carbocycles. The van der Waals surface area contributed by atoms with Gasteiger partial charge in [-0.25, -0.2) is 0 Å². The van der Waals surface area contributed by atoms with Gasteiger partial charge in [-0.15, -0.1) is 0 Å². The Morgan fingerprint density at radius 2 is 1.77 bits per heavy atom. The molecule has 1 N–H and O–H groups in total. The fourth-order valence-corrected chi connectivity index (χ4v) is 6.67. The molecule has 2 saturated carbocycles. The second-order valence-electron chi connectivity index (χ2n) is 10.7. The number of rotatable bonds is 8. The van der Waals surface area contributed by atoms with Gasteiger partial charge in [-0.2, -0.15) is 0 Å². The van der Waals surface area contributed by atoms with Crippen molar-refractivity contribution in [2.45, 2.75) is 39.3 Å². The molecule has 1 spiro atoms. The highest BCUT2D eigenvalue weighted by Crippen LogP contribution is 2.69. The van der Waals surface area contributed by atoms with E-state index in [1.807, 2.05) is 22.8 Å². The first-order valence-corrected chi connectivity index (χ1v) is 12.8. The topological polar surface area (TPSA) is 52.5 Å². The lowest BCUT2D eigenvalue weighted by atomic mass is 9.89. The second kappa shape index (κ2) is 8.56. The number of benzene rings is 2. The second-order valence-corrected chi connectivity index (χ2v) is 10.7. The van der Waals surface area contributed by atoms with Crippen molar-refractivity contribution in [3.8, 4) is 11.5 Å². The summed E-state index contributed by atoms with van der Waals surface area (Å²) in [5.41, 5.74) is 4.60. The molecular formula is C30H34N2O3. The highest BCUT2D eigenvalue weighted by molar-refractivity contribution is 5.84. The van der Waals surface area contributed by atoms with Crippen LogP contribution in [0.2, 0.25) is 0 Å². The van der Waals surface area contributed by atoms with Crippen LogP contribution < -0.4 is 20.3 Å². The molecule has 5 heteroatoms. The molecule has 2 fully saturated rings. The van der Waals surface area contributed by atoms with Crippen LogP contribution in [0.15, 0.2) is 59.4 Å². The standard InChI is InChI=1S/C30H34N2O3/c1-19-4-6-20(7-5-19)18-32-26-15-28(35-3)27(34-2)14-21(26)12-23(29(32)33)17-31-16-22-13-24-8-9-25(22)30(24)10-11-30/h4-9,12,14-15,22,24-25,31H,10-11,13,16-18H2,1-3H3. The zero-order valence-corrected chi connectivity index (χ0v) is 20.8. The van der Waals surface area contributed by atoms with E-state index >= 15 is 0 Å². The summed E-state index contributed by atoms with van der Waals surface area (Å²) in [6.07, 6.45) is 9.01. The molecule has 3 aliphatic carbocycles. The first-order chi connectivity index (χ1) is 17.0. The Bertz CT molecular complexity index is 1350. The maximum absolute atomic E-state index is 13.7. The predicted molar refractivity (Wildman–Crippen MR) is 139 cm³/mol. The number of nitrogens with zero attached hydrogens (tertiary/aromatic N) is 1. The van der Waals surface area contributed by atoms with Crippen molar-refractivity contribution in [1.29, 1.82) is 0 Å². The van der Waals surface area contributed by atoms with E-state index in [0.717, 1.165) is 40.4 Å². The minimum Gasteiger partial charge on any atom is -0.493 e. The van der Waals surface area contributed by atoms with Crippen LogP contribution in [0.25, 0.3) is 10.9 Å². The number of hydrogen-bond acceptors (Lipinski definition) is 4. The molecule has 0 radical (unpaired) electrons. The molecule has 3 atom stereocenters. The van der Waals surface area contributed by atoms with Gasteiger partial charge < -0.3 is 19.4 Å². The normalized spacial score (nSPS) is 23.3. The number of fused-ring (bicyclic) bond motifs is 1. The number of aromatic nitrogens is 1. The minimum absolute atomic E-state index is 0.0456. The zero-order valence-electron chi connectivity index (χ0n) is 20.8. The van der Waals surface area contributed by atoms with Crippen LogP contribution in [0.5, 0.6) is 11.5 Å². The maximum Gasteiger partial charge on any atom is 0.255 e. The smallest absolute Gasteiger partial charge is 0.255 e. The van der Waals surface area contributed by atoms with E-state index in [2.05, 4.69) is 48.7 Å². The average molecular weight is 471 g/mol. The third-order valence-electron chi connectivity index (χ3n) is 8.70. The first kappa shape index (κ1) is 22.4. The van der Waals surface area contributed by atoms with Crippen molar-refractivity contribution in [2.24, 2.45) is 23.2 Å². The lowest BCUT2D eigenvalue weighted by Crippen LogP contribution is -2.31. The molecule has 182 valence electrons. The molecule has 35 heavy (non-hydrogen) atoms. The number of hydrogen-bond donors (Lipinski definition) is 1. The summed E-state index contributed by atoms with van der Waals surface area (Å²) in [7, 11) is 3.27. The Kier molecular flexibility index (Phi) is 5.48. The van der Waals surface area contributed by atoms with Crippen LogP contribution in [0.4, 0.5) is 0 Å². The Hall–Kier alpha value is -3.05. The zero-order chi connectivity index (χ0) is 24.2. The van der Waals surface area contributed by atoms with Crippen molar-refractivity contribution in [3.63, 3.8) is 0 Å². The van der Waals surface area contributed by atoms with E-state index in [0.29, 0.717) is 35.9 Å². The molecule has 3 aromatic rings. The van der Waals surface area contributed by atoms with Crippen LogP contribution in [0, 0.1) is 30.1 Å². The summed E-state index contributed by atoms with van der Waals surface area (Å²) >= 11 is 0. The van der Waals surface area contributed by atoms with Crippen molar-refractivity contribution >= 4 is 10.9 Å². The summed E-state index contributed by atoms with van der Waals surface area (Å²) in [6, 6.07) is 14.3. The van der Waals surface area contributed by atoms with Crippen LogP contribution in [0.1, 0.15) is 36.0 Å². The third kappa shape index (κ3) is 3.77. The molecular weight excluding hydrogens is 436 g/mol. The Balaban J connectivity index is 1.31. The van der Waals surface area contributed by atoms with Crippen LogP contribution in [0.3, 0.4) is 0 Å². The van der Waals surface area contributed by atoms with Gasteiger partial charge in [0.15, 0.2) is 11.5 Å². The van der Waals surface area contributed by atoms with E-state index in [4.69, 9.17) is 9.47 Å². The monoisotopic (exact) mass is 470 g/mol. The lowest BCUT2D eigenvalue weighted by molar-refractivity contribution is 0.350. The van der Waals surface area contributed by atoms with E-state index in [9.17, 15) is 4.79 Å². The van der Waals surface area contributed by atoms with Crippen molar-refractivity contribution in [1.82, 2.24) is 9.88 Å². The molecule has 1 heterocycles. The Labute approximate surface area is 206 Å². The van der Waals surface area contributed by atoms with Gasteiger partial charge in [-0.05, 0) is 73.6 Å². The van der Waals surface area contributed by atoms with Gasteiger partial charge in [0, 0.05) is 23.6 Å².